The third kappa shape index (κ3) is 6.00. The molecule has 1 aliphatic heterocycles. The Kier molecular flexibility index (Phi) is 8.56. The van der Waals surface area contributed by atoms with E-state index in [9.17, 15) is 33.3 Å². The van der Waals surface area contributed by atoms with E-state index in [1.54, 1.807) is 17.8 Å². The van der Waals surface area contributed by atoms with Crippen LogP contribution < -0.4 is 11.0 Å². The fourth-order valence-electron chi connectivity index (χ4n) is 7.19. The van der Waals surface area contributed by atoms with Gasteiger partial charge in [-0.2, -0.15) is 10.2 Å². The maximum atomic E-state index is 13.4. The van der Waals surface area contributed by atoms with Crippen LogP contribution >= 0.6 is 0 Å². The summed E-state index contributed by atoms with van der Waals surface area (Å²) in [6, 6.07) is 10.6. The van der Waals surface area contributed by atoms with Gasteiger partial charge in [0.25, 0.3) is 6.43 Å². The van der Waals surface area contributed by atoms with Gasteiger partial charge in [-0.3, -0.25) is 43.5 Å². The number of para-hydroxylation sites is 1. The zero-order valence-electron chi connectivity index (χ0n) is 26.6. The summed E-state index contributed by atoms with van der Waals surface area (Å²) in [6.07, 6.45) is 3.27. The molecule has 49 heavy (non-hydrogen) atoms. The highest BCUT2D eigenvalue weighted by Crippen LogP contribution is 2.36. The molecule has 1 saturated heterocycles. The van der Waals surface area contributed by atoms with E-state index in [-0.39, 0.29) is 36.4 Å². The molecule has 14 nitrogen and oxygen atoms in total. The average Bonchev–Trinajstić information content (AvgIpc) is 3.78. The minimum Gasteiger partial charge on any atom is -0.379 e. The smallest absolute Gasteiger partial charge is 0.329 e. The Hall–Kier alpha value is -5.25. The second kappa shape index (κ2) is 13.0. The van der Waals surface area contributed by atoms with E-state index in [0.717, 1.165) is 41.1 Å². The second-order valence-corrected chi connectivity index (χ2v) is 12.7. The molecule has 2 fully saturated rings. The standard InChI is InChI=1S/C33H34F2N8O6/c1-39-30-23(3-2-4-25(30)42(33(39)46)26-11-12-28(44)37-32(26)45)20-7-10-24-21(15-20)16-36-40(24)13-14-49-18-19-5-8-22(9-6-19)41-17-27(43(47)48)29(38-41)31(34)35/h2-4,7,10,15-17,19,22,26,31H,5-6,8-9,11-14,18H2,1H3,(H,37,44,45). The summed E-state index contributed by atoms with van der Waals surface area (Å²) in [5, 5.41) is 22.8. The van der Waals surface area contributed by atoms with Gasteiger partial charge in [0.2, 0.25) is 17.5 Å². The summed E-state index contributed by atoms with van der Waals surface area (Å²) in [7, 11) is 1.68. The van der Waals surface area contributed by atoms with E-state index in [1.165, 1.54) is 9.25 Å². The van der Waals surface area contributed by atoms with E-state index >= 15 is 0 Å². The SMILES string of the molecule is Cn1c(=O)n(C2CCC(=O)NC2=O)c2cccc(-c3ccc4c(cnn4CCOCC4CCC(n5cc([N+](=O)[O-])c(C(F)F)n5)CC4)c3)c21. The van der Waals surface area contributed by atoms with Crippen molar-refractivity contribution >= 4 is 39.4 Å². The average molecular weight is 677 g/mol. The van der Waals surface area contributed by atoms with E-state index < -0.39 is 34.7 Å². The number of hydrogen-bond donors (Lipinski definition) is 1. The molecule has 2 aliphatic rings. The molecular weight excluding hydrogens is 642 g/mol. The minimum atomic E-state index is -3.00. The molecule has 2 aromatic carbocycles. The van der Waals surface area contributed by atoms with Crippen molar-refractivity contribution < 1.29 is 28.0 Å². The van der Waals surface area contributed by atoms with Crippen molar-refractivity contribution in [1.29, 1.82) is 0 Å². The Morgan fingerprint density at radius 3 is 2.59 bits per heavy atom. The molecule has 1 atom stereocenters. The maximum absolute atomic E-state index is 13.4. The molecule has 1 N–H and O–H groups in total. The van der Waals surface area contributed by atoms with Gasteiger partial charge in [-0.15, -0.1) is 0 Å². The number of fused-ring (bicyclic) bond motifs is 2. The molecule has 4 heterocycles. The molecule has 1 saturated carbocycles. The van der Waals surface area contributed by atoms with Gasteiger partial charge < -0.3 is 4.74 Å². The van der Waals surface area contributed by atoms with Gasteiger partial charge in [-0.1, -0.05) is 18.2 Å². The van der Waals surface area contributed by atoms with Crippen LogP contribution in [-0.4, -0.2) is 58.6 Å². The Balaban J connectivity index is 0.985. The number of piperidine rings is 1. The first-order valence-corrected chi connectivity index (χ1v) is 16.2. The van der Waals surface area contributed by atoms with E-state index in [1.807, 2.05) is 41.1 Å². The number of amides is 2. The number of imidazole rings is 1. The molecule has 0 bridgehead atoms. The number of nitro groups is 1. The van der Waals surface area contributed by atoms with Crippen LogP contribution in [0.1, 0.15) is 62.7 Å². The highest BCUT2D eigenvalue weighted by Gasteiger charge is 2.32. The number of nitrogens with one attached hydrogen (secondary N) is 1. The van der Waals surface area contributed by atoms with Crippen molar-refractivity contribution in [3.05, 3.63) is 75.1 Å². The predicted octanol–water partition coefficient (Wildman–Crippen LogP) is 4.82. The normalized spacial score (nSPS) is 20.0. The fraction of sp³-hybridized carbons (Fsp3) is 0.424. The van der Waals surface area contributed by atoms with Crippen LogP contribution in [0.15, 0.2) is 53.6 Å². The fourth-order valence-corrected chi connectivity index (χ4v) is 7.19. The molecule has 1 unspecified atom stereocenters. The lowest BCUT2D eigenvalue weighted by molar-refractivity contribution is -0.386. The number of aryl methyl sites for hydroxylation is 1. The maximum Gasteiger partial charge on any atom is 0.329 e. The number of halogens is 2. The number of imide groups is 1. The van der Waals surface area contributed by atoms with Crippen molar-refractivity contribution in [2.24, 2.45) is 13.0 Å². The lowest BCUT2D eigenvalue weighted by atomic mass is 9.86. The Morgan fingerprint density at radius 1 is 1.08 bits per heavy atom. The highest BCUT2D eigenvalue weighted by molar-refractivity contribution is 6.01. The van der Waals surface area contributed by atoms with Gasteiger partial charge >= 0.3 is 11.4 Å². The number of carbonyl (C=O) groups is 2. The summed E-state index contributed by atoms with van der Waals surface area (Å²) >= 11 is 0. The number of hydrogen-bond acceptors (Lipinski definition) is 8. The molecule has 5 aromatic rings. The number of nitrogens with zero attached hydrogens (tertiary/aromatic N) is 7. The molecule has 1 aliphatic carbocycles. The zero-order chi connectivity index (χ0) is 34.4. The number of benzene rings is 2. The molecule has 0 radical (unpaired) electrons. The lowest BCUT2D eigenvalue weighted by Gasteiger charge is -2.28. The molecule has 16 heteroatoms. The van der Waals surface area contributed by atoms with Gasteiger partial charge in [0, 0.05) is 31.0 Å². The summed E-state index contributed by atoms with van der Waals surface area (Å²) in [6.45, 7) is 1.51. The van der Waals surface area contributed by atoms with Crippen molar-refractivity contribution in [2.45, 2.75) is 63.6 Å². The Bertz CT molecular complexity index is 2140. The lowest BCUT2D eigenvalue weighted by Crippen LogP contribution is -2.44. The molecule has 256 valence electrons. The van der Waals surface area contributed by atoms with Gasteiger partial charge in [0.15, 0.2) is 0 Å². The van der Waals surface area contributed by atoms with Crippen molar-refractivity contribution in [3.63, 3.8) is 0 Å². The van der Waals surface area contributed by atoms with Gasteiger partial charge in [-0.05, 0) is 61.8 Å². The van der Waals surface area contributed by atoms with E-state index in [0.29, 0.717) is 43.6 Å². The van der Waals surface area contributed by atoms with Crippen LogP contribution in [0.3, 0.4) is 0 Å². The Labute approximate surface area is 277 Å². The monoisotopic (exact) mass is 676 g/mol. The van der Waals surface area contributed by atoms with Crippen LogP contribution in [0.4, 0.5) is 14.5 Å². The van der Waals surface area contributed by atoms with Crippen molar-refractivity contribution in [2.75, 3.05) is 13.2 Å². The first-order valence-electron chi connectivity index (χ1n) is 16.2. The van der Waals surface area contributed by atoms with Gasteiger partial charge in [0.1, 0.15) is 12.2 Å². The minimum absolute atomic E-state index is 0.162. The Morgan fingerprint density at radius 2 is 1.88 bits per heavy atom. The number of rotatable bonds is 10. The van der Waals surface area contributed by atoms with Crippen molar-refractivity contribution in [1.82, 2.24) is 34.0 Å². The summed E-state index contributed by atoms with van der Waals surface area (Å²) in [4.78, 5) is 48.0. The molecule has 0 spiro atoms. The molecule has 3 aromatic heterocycles. The largest absolute Gasteiger partial charge is 0.379 e. The number of aromatic nitrogens is 6. The van der Waals surface area contributed by atoms with E-state index in [2.05, 4.69) is 15.5 Å². The summed E-state index contributed by atoms with van der Waals surface area (Å²) in [5.41, 5.74) is 2.19. The van der Waals surface area contributed by atoms with Crippen LogP contribution in [0.25, 0.3) is 33.1 Å². The zero-order valence-corrected chi connectivity index (χ0v) is 26.6. The number of alkyl halides is 2. The second-order valence-electron chi connectivity index (χ2n) is 12.7. The third-order valence-corrected chi connectivity index (χ3v) is 9.71. The quantitative estimate of drug-likeness (QED) is 0.0953. The predicted molar refractivity (Wildman–Crippen MR) is 173 cm³/mol. The third-order valence-electron chi connectivity index (χ3n) is 9.71. The molecule has 2 amide bonds. The molecular formula is C33H34F2N8O6. The van der Waals surface area contributed by atoms with Crippen LogP contribution in [0.5, 0.6) is 0 Å². The van der Waals surface area contributed by atoms with Crippen LogP contribution in [0.2, 0.25) is 0 Å². The van der Waals surface area contributed by atoms with Crippen LogP contribution in [0, 0.1) is 16.0 Å². The molecule has 7 rings (SSSR count). The van der Waals surface area contributed by atoms with Crippen LogP contribution in [-0.2, 0) is 27.9 Å². The van der Waals surface area contributed by atoms with Gasteiger partial charge in [0.05, 0.1) is 46.9 Å². The topological polar surface area (TPSA) is 161 Å². The number of carbonyl (C=O) groups excluding carboxylic acids is 2. The van der Waals surface area contributed by atoms with Crippen molar-refractivity contribution in [3.8, 4) is 11.1 Å². The number of ether oxygens (including phenoxy) is 1. The summed E-state index contributed by atoms with van der Waals surface area (Å²) < 4.78 is 38.6. The first-order chi connectivity index (χ1) is 23.6. The first kappa shape index (κ1) is 32.3. The van der Waals surface area contributed by atoms with E-state index in [4.69, 9.17) is 4.74 Å². The van der Waals surface area contributed by atoms with Gasteiger partial charge in [-0.25, -0.2) is 13.6 Å². The summed E-state index contributed by atoms with van der Waals surface area (Å²) in [5.74, 6) is -0.528. The highest BCUT2D eigenvalue weighted by atomic mass is 19.3.